The largest absolute Gasteiger partial charge is 0.382 e. The van der Waals surface area contributed by atoms with Crippen molar-refractivity contribution in [2.45, 2.75) is 37.1 Å². The molecule has 1 N–H and O–H groups in total. The molecule has 1 unspecified atom stereocenters. The summed E-state index contributed by atoms with van der Waals surface area (Å²) in [4.78, 5) is 0.336. The van der Waals surface area contributed by atoms with Gasteiger partial charge in [-0.05, 0) is 49.4 Å². The molecule has 0 radical (unpaired) electrons. The topological polar surface area (TPSA) is 49.4 Å². The van der Waals surface area contributed by atoms with Gasteiger partial charge in [0.05, 0.1) is 4.90 Å². The van der Waals surface area contributed by atoms with Gasteiger partial charge in [0, 0.05) is 25.8 Å². The third-order valence-electron chi connectivity index (χ3n) is 3.62. The van der Waals surface area contributed by atoms with Gasteiger partial charge in [0.1, 0.15) is 0 Å². The third-order valence-corrected chi connectivity index (χ3v) is 5.45. The summed E-state index contributed by atoms with van der Waals surface area (Å²) in [6.07, 6.45) is 3.71. The maximum atomic E-state index is 11.9. The van der Waals surface area contributed by atoms with Crippen LogP contribution in [0.4, 0.5) is 5.69 Å². The van der Waals surface area contributed by atoms with Crippen molar-refractivity contribution in [3.63, 3.8) is 0 Å². The van der Waals surface area contributed by atoms with Crippen LogP contribution >= 0.6 is 0 Å². The molecule has 0 spiro atoms. The first-order chi connectivity index (χ1) is 8.95. The lowest BCUT2D eigenvalue weighted by Gasteiger charge is -2.18. The first kappa shape index (κ1) is 14.3. The molecule has 0 heterocycles. The van der Waals surface area contributed by atoms with Crippen molar-refractivity contribution < 1.29 is 8.42 Å². The third kappa shape index (κ3) is 3.28. The number of hydrogen-bond acceptors (Lipinski definition) is 3. The number of nitrogens with one attached hydrogen (secondary N) is 1. The Morgan fingerprint density at radius 2 is 1.84 bits per heavy atom. The molecule has 5 heteroatoms. The zero-order valence-electron chi connectivity index (χ0n) is 11.8. The second kappa shape index (κ2) is 5.51. The number of benzene rings is 1. The minimum atomic E-state index is -3.33. The fourth-order valence-electron chi connectivity index (χ4n) is 2.20. The molecule has 106 valence electrons. The Hall–Kier alpha value is -1.07. The molecule has 0 bridgehead atoms. The fourth-order valence-corrected chi connectivity index (χ4v) is 3.10. The minimum Gasteiger partial charge on any atom is -0.382 e. The summed E-state index contributed by atoms with van der Waals surface area (Å²) >= 11 is 0. The van der Waals surface area contributed by atoms with Crippen molar-refractivity contribution in [2.75, 3.05) is 19.4 Å². The van der Waals surface area contributed by atoms with E-state index in [1.807, 2.05) is 12.1 Å². The molecule has 0 amide bonds. The zero-order chi connectivity index (χ0) is 14.0. The predicted octanol–water partition coefficient (Wildman–Crippen LogP) is 2.54. The van der Waals surface area contributed by atoms with Crippen LogP contribution in [0, 0.1) is 5.92 Å². The molecule has 1 aliphatic rings. The van der Waals surface area contributed by atoms with Gasteiger partial charge in [-0.2, -0.15) is 0 Å². The summed E-state index contributed by atoms with van der Waals surface area (Å²) in [5, 5.41) is 3.49. The summed E-state index contributed by atoms with van der Waals surface area (Å²) < 4.78 is 25.1. The maximum absolute atomic E-state index is 11.9. The van der Waals surface area contributed by atoms with Crippen molar-refractivity contribution in [3.8, 4) is 0 Å². The quantitative estimate of drug-likeness (QED) is 0.872. The maximum Gasteiger partial charge on any atom is 0.242 e. The van der Waals surface area contributed by atoms with E-state index in [9.17, 15) is 8.42 Å². The first-order valence-electron chi connectivity index (χ1n) is 6.74. The summed E-state index contributed by atoms with van der Waals surface area (Å²) in [7, 11) is -0.239. The minimum absolute atomic E-state index is 0.336. The molecule has 4 nitrogen and oxygen atoms in total. The Bertz CT molecular complexity index is 519. The van der Waals surface area contributed by atoms with Gasteiger partial charge in [0.2, 0.25) is 10.0 Å². The van der Waals surface area contributed by atoms with Crippen molar-refractivity contribution in [3.05, 3.63) is 24.3 Å². The number of sulfonamides is 1. The molecule has 1 fully saturated rings. The van der Waals surface area contributed by atoms with Crippen LogP contribution in [0.5, 0.6) is 0 Å². The molecule has 1 aliphatic carbocycles. The standard InChI is InChI=1S/C14H22N2O2S/c1-4-14(11-5-6-11)15-12-7-9-13(10-8-12)19(17,18)16(2)3/h7-11,14-15H,4-6H2,1-3H3. The number of anilines is 1. The van der Waals surface area contributed by atoms with E-state index in [4.69, 9.17) is 0 Å². The van der Waals surface area contributed by atoms with Gasteiger partial charge in [0.25, 0.3) is 0 Å². The Morgan fingerprint density at radius 3 is 2.26 bits per heavy atom. The van der Waals surface area contributed by atoms with Crippen LogP contribution in [-0.4, -0.2) is 32.9 Å². The lowest BCUT2D eigenvalue weighted by molar-refractivity contribution is 0.521. The predicted molar refractivity (Wildman–Crippen MR) is 77.7 cm³/mol. The average Bonchev–Trinajstić information content (AvgIpc) is 3.20. The molecule has 0 aliphatic heterocycles. The Kier molecular flexibility index (Phi) is 4.16. The van der Waals surface area contributed by atoms with E-state index in [0.717, 1.165) is 18.0 Å². The normalized spacial score (nSPS) is 17.5. The molecule has 1 atom stereocenters. The van der Waals surface area contributed by atoms with Crippen molar-refractivity contribution >= 4 is 15.7 Å². The summed E-state index contributed by atoms with van der Waals surface area (Å²) in [5.41, 5.74) is 0.997. The van der Waals surface area contributed by atoms with E-state index < -0.39 is 10.0 Å². The van der Waals surface area contributed by atoms with Gasteiger partial charge in [-0.3, -0.25) is 0 Å². The lowest BCUT2D eigenvalue weighted by Crippen LogP contribution is -2.22. The van der Waals surface area contributed by atoms with Crippen LogP contribution < -0.4 is 5.32 Å². The Morgan fingerprint density at radius 1 is 1.26 bits per heavy atom. The van der Waals surface area contributed by atoms with E-state index in [0.29, 0.717) is 10.9 Å². The Balaban J connectivity index is 2.10. The molecular formula is C14H22N2O2S. The van der Waals surface area contributed by atoms with E-state index in [2.05, 4.69) is 12.2 Å². The molecule has 1 aromatic rings. The van der Waals surface area contributed by atoms with Crippen LogP contribution in [0.15, 0.2) is 29.2 Å². The highest BCUT2D eigenvalue weighted by molar-refractivity contribution is 7.89. The molecule has 2 rings (SSSR count). The summed E-state index contributed by atoms with van der Waals surface area (Å²) in [5.74, 6) is 0.787. The number of hydrogen-bond donors (Lipinski definition) is 1. The van der Waals surface area contributed by atoms with Crippen LogP contribution in [0.1, 0.15) is 26.2 Å². The van der Waals surface area contributed by atoms with Gasteiger partial charge in [-0.1, -0.05) is 6.92 Å². The lowest BCUT2D eigenvalue weighted by atomic mass is 10.1. The molecule has 0 aromatic heterocycles. The first-order valence-corrected chi connectivity index (χ1v) is 8.18. The van der Waals surface area contributed by atoms with Crippen LogP contribution in [0.3, 0.4) is 0 Å². The van der Waals surface area contributed by atoms with Gasteiger partial charge in [-0.25, -0.2) is 12.7 Å². The molecule has 19 heavy (non-hydrogen) atoms. The average molecular weight is 282 g/mol. The molecule has 1 aromatic carbocycles. The van der Waals surface area contributed by atoms with Gasteiger partial charge in [-0.15, -0.1) is 0 Å². The smallest absolute Gasteiger partial charge is 0.242 e. The highest BCUT2D eigenvalue weighted by atomic mass is 32.2. The second-order valence-electron chi connectivity index (χ2n) is 5.31. The van der Waals surface area contributed by atoms with E-state index in [1.54, 1.807) is 26.2 Å². The van der Waals surface area contributed by atoms with Crippen molar-refractivity contribution in [1.29, 1.82) is 0 Å². The molecule has 1 saturated carbocycles. The monoisotopic (exact) mass is 282 g/mol. The van der Waals surface area contributed by atoms with E-state index in [-0.39, 0.29) is 0 Å². The highest BCUT2D eigenvalue weighted by Crippen LogP contribution is 2.35. The van der Waals surface area contributed by atoms with Crippen LogP contribution in [-0.2, 0) is 10.0 Å². The van der Waals surface area contributed by atoms with Crippen molar-refractivity contribution in [1.82, 2.24) is 4.31 Å². The molecular weight excluding hydrogens is 260 g/mol. The fraction of sp³-hybridized carbons (Fsp3) is 0.571. The van der Waals surface area contributed by atoms with E-state index >= 15 is 0 Å². The second-order valence-corrected chi connectivity index (χ2v) is 7.46. The SMILES string of the molecule is CCC(Nc1ccc(S(=O)(=O)N(C)C)cc1)C1CC1. The highest BCUT2D eigenvalue weighted by Gasteiger charge is 2.29. The zero-order valence-corrected chi connectivity index (χ0v) is 12.6. The number of rotatable bonds is 6. The van der Waals surface area contributed by atoms with Gasteiger partial charge in [0.15, 0.2) is 0 Å². The summed E-state index contributed by atoms with van der Waals surface area (Å²) in [6.45, 7) is 2.18. The molecule has 0 saturated heterocycles. The van der Waals surface area contributed by atoms with E-state index in [1.165, 1.54) is 17.1 Å². The van der Waals surface area contributed by atoms with Crippen LogP contribution in [0.2, 0.25) is 0 Å². The van der Waals surface area contributed by atoms with Crippen molar-refractivity contribution in [2.24, 2.45) is 5.92 Å². The Labute approximate surface area is 115 Å². The number of nitrogens with zero attached hydrogens (tertiary/aromatic N) is 1. The van der Waals surface area contributed by atoms with Gasteiger partial charge < -0.3 is 5.32 Å². The van der Waals surface area contributed by atoms with Crippen LogP contribution in [0.25, 0.3) is 0 Å². The summed E-state index contributed by atoms with van der Waals surface area (Å²) in [6, 6.07) is 7.54. The van der Waals surface area contributed by atoms with Gasteiger partial charge >= 0.3 is 0 Å².